The van der Waals surface area contributed by atoms with Crippen molar-refractivity contribution in [3.63, 3.8) is 0 Å². The molecular formula is C19H23N5. The smallest absolute Gasteiger partial charge is 0.154 e. The molecule has 0 aliphatic carbocycles. The highest BCUT2D eigenvalue weighted by Gasteiger charge is 2.21. The molecule has 0 unspecified atom stereocenters. The van der Waals surface area contributed by atoms with Crippen LogP contribution in [0.5, 0.6) is 0 Å². The topological polar surface area (TPSA) is 36.7 Å². The fourth-order valence-electron chi connectivity index (χ4n) is 3.51. The lowest BCUT2D eigenvalue weighted by Crippen LogP contribution is -2.47. The molecule has 0 spiro atoms. The second kappa shape index (κ2) is 5.82. The summed E-state index contributed by atoms with van der Waals surface area (Å²) < 4.78 is 1.93. The maximum absolute atomic E-state index is 4.62. The molecule has 5 heteroatoms. The van der Waals surface area contributed by atoms with Gasteiger partial charge in [0, 0.05) is 44.3 Å². The van der Waals surface area contributed by atoms with Gasteiger partial charge >= 0.3 is 0 Å². The first-order chi connectivity index (χ1) is 11.6. The monoisotopic (exact) mass is 321 g/mol. The van der Waals surface area contributed by atoms with Crippen molar-refractivity contribution >= 4 is 17.0 Å². The third-order valence-corrected chi connectivity index (χ3v) is 4.99. The number of hydrogen-bond donors (Lipinski definition) is 0. The molecule has 1 aliphatic rings. The number of anilines is 2. The number of benzene rings is 1. The quantitative estimate of drug-likeness (QED) is 0.727. The van der Waals surface area contributed by atoms with E-state index in [1.807, 2.05) is 23.8 Å². The van der Waals surface area contributed by atoms with Crippen LogP contribution in [0.2, 0.25) is 0 Å². The van der Waals surface area contributed by atoms with Crippen molar-refractivity contribution in [2.75, 3.05) is 36.0 Å². The second-order valence-corrected chi connectivity index (χ2v) is 6.56. The lowest BCUT2D eigenvalue weighted by Gasteiger charge is -2.37. The van der Waals surface area contributed by atoms with Gasteiger partial charge in [-0.05, 0) is 44.0 Å². The van der Waals surface area contributed by atoms with Crippen molar-refractivity contribution in [1.82, 2.24) is 14.6 Å². The van der Waals surface area contributed by atoms with Crippen molar-refractivity contribution in [1.29, 1.82) is 0 Å². The van der Waals surface area contributed by atoms with E-state index < -0.39 is 0 Å². The van der Waals surface area contributed by atoms with Gasteiger partial charge in [0.15, 0.2) is 5.82 Å². The Hall–Kier alpha value is -2.56. The van der Waals surface area contributed by atoms with E-state index in [0.717, 1.165) is 43.2 Å². The molecule has 0 atom stereocenters. The third-order valence-electron chi connectivity index (χ3n) is 4.99. The number of piperazine rings is 1. The number of nitrogens with zero attached hydrogens (tertiary/aromatic N) is 5. The molecule has 2 aromatic heterocycles. The largest absolute Gasteiger partial charge is 0.368 e. The van der Waals surface area contributed by atoms with Gasteiger partial charge in [0.2, 0.25) is 0 Å². The number of hydrogen-bond acceptors (Lipinski definition) is 4. The summed E-state index contributed by atoms with van der Waals surface area (Å²) in [5, 5.41) is 4.49. The first-order valence-electron chi connectivity index (χ1n) is 8.50. The SMILES string of the molecule is Cc1cc2c(N3CCN(c4cccc(C)c4C)CC3)nccn2n1. The van der Waals surface area contributed by atoms with Crippen LogP contribution in [0.15, 0.2) is 36.7 Å². The summed E-state index contributed by atoms with van der Waals surface area (Å²) in [5.74, 6) is 1.04. The summed E-state index contributed by atoms with van der Waals surface area (Å²) >= 11 is 0. The van der Waals surface area contributed by atoms with E-state index >= 15 is 0 Å². The van der Waals surface area contributed by atoms with Crippen molar-refractivity contribution in [2.24, 2.45) is 0 Å². The number of aromatic nitrogens is 3. The molecule has 0 saturated carbocycles. The molecule has 124 valence electrons. The minimum absolute atomic E-state index is 0.976. The van der Waals surface area contributed by atoms with E-state index in [1.165, 1.54) is 16.8 Å². The molecule has 1 aromatic carbocycles. The summed E-state index contributed by atoms with van der Waals surface area (Å²) in [7, 11) is 0. The van der Waals surface area contributed by atoms with E-state index in [4.69, 9.17) is 0 Å². The molecule has 5 nitrogen and oxygen atoms in total. The van der Waals surface area contributed by atoms with Gasteiger partial charge in [-0.1, -0.05) is 12.1 Å². The first kappa shape index (κ1) is 15.0. The molecule has 0 amide bonds. The van der Waals surface area contributed by atoms with E-state index in [-0.39, 0.29) is 0 Å². The molecule has 4 rings (SSSR count). The number of fused-ring (bicyclic) bond motifs is 1. The minimum Gasteiger partial charge on any atom is -0.368 e. The normalized spacial score (nSPS) is 15.3. The maximum Gasteiger partial charge on any atom is 0.154 e. The summed E-state index contributed by atoms with van der Waals surface area (Å²) in [6.07, 6.45) is 3.75. The first-order valence-corrected chi connectivity index (χ1v) is 8.50. The Morgan fingerprint density at radius 3 is 2.50 bits per heavy atom. The van der Waals surface area contributed by atoms with Gasteiger partial charge in [-0.25, -0.2) is 9.50 Å². The molecule has 0 radical (unpaired) electrons. The van der Waals surface area contributed by atoms with Gasteiger partial charge in [0.1, 0.15) is 5.52 Å². The van der Waals surface area contributed by atoms with Crippen LogP contribution in [-0.2, 0) is 0 Å². The third kappa shape index (κ3) is 2.50. The predicted octanol–water partition coefficient (Wildman–Crippen LogP) is 2.98. The summed E-state index contributed by atoms with van der Waals surface area (Å²) in [4.78, 5) is 9.48. The van der Waals surface area contributed by atoms with E-state index in [0.29, 0.717) is 0 Å². The zero-order valence-electron chi connectivity index (χ0n) is 14.5. The van der Waals surface area contributed by atoms with Gasteiger partial charge in [-0.3, -0.25) is 0 Å². The Labute approximate surface area is 142 Å². The van der Waals surface area contributed by atoms with Gasteiger partial charge in [-0.15, -0.1) is 0 Å². The Morgan fingerprint density at radius 2 is 1.71 bits per heavy atom. The molecule has 3 aromatic rings. The van der Waals surface area contributed by atoms with Crippen LogP contribution in [0, 0.1) is 20.8 Å². The molecule has 1 fully saturated rings. The second-order valence-electron chi connectivity index (χ2n) is 6.56. The Bertz CT molecular complexity index is 875. The Morgan fingerprint density at radius 1 is 0.958 bits per heavy atom. The van der Waals surface area contributed by atoms with E-state index in [9.17, 15) is 0 Å². The Kier molecular flexibility index (Phi) is 3.63. The molecule has 1 saturated heterocycles. The van der Waals surface area contributed by atoms with E-state index in [2.05, 4.69) is 58.0 Å². The van der Waals surface area contributed by atoms with Gasteiger partial charge in [0.05, 0.1) is 5.69 Å². The van der Waals surface area contributed by atoms with Crippen LogP contribution in [0.3, 0.4) is 0 Å². The van der Waals surface area contributed by atoms with Crippen LogP contribution in [-0.4, -0.2) is 40.8 Å². The maximum atomic E-state index is 4.62. The number of aryl methyl sites for hydroxylation is 2. The fraction of sp³-hybridized carbons (Fsp3) is 0.368. The minimum atomic E-state index is 0.976. The van der Waals surface area contributed by atoms with Crippen molar-refractivity contribution in [3.05, 3.63) is 53.5 Å². The highest BCUT2D eigenvalue weighted by molar-refractivity contribution is 5.69. The lowest BCUT2D eigenvalue weighted by atomic mass is 10.1. The summed E-state index contributed by atoms with van der Waals surface area (Å²) in [5.41, 5.74) is 6.23. The standard InChI is InChI=1S/C19H23N5/c1-14-5-4-6-17(16(14)3)22-9-11-23(12-10-22)19-18-13-15(2)21-24(18)8-7-20-19/h4-8,13H,9-12H2,1-3H3. The van der Waals surface area contributed by atoms with Crippen molar-refractivity contribution in [2.45, 2.75) is 20.8 Å². The van der Waals surface area contributed by atoms with Gasteiger partial charge in [0.25, 0.3) is 0 Å². The zero-order valence-corrected chi connectivity index (χ0v) is 14.5. The van der Waals surface area contributed by atoms with Crippen molar-refractivity contribution < 1.29 is 0 Å². The molecular weight excluding hydrogens is 298 g/mol. The molecule has 1 aliphatic heterocycles. The fourth-order valence-corrected chi connectivity index (χ4v) is 3.51. The predicted molar refractivity (Wildman–Crippen MR) is 98.1 cm³/mol. The van der Waals surface area contributed by atoms with Crippen LogP contribution < -0.4 is 9.80 Å². The average molecular weight is 321 g/mol. The van der Waals surface area contributed by atoms with Gasteiger partial charge < -0.3 is 9.80 Å². The molecule has 0 N–H and O–H groups in total. The molecule has 24 heavy (non-hydrogen) atoms. The van der Waals surface area contributed by atoms with E-state index in [1.54, 1.807) is 0 Å². The van der Waals surface area contributed by atoms with Crippen molar-refractivity contribution in [3.8, 4) is 0 Å². The van der Waals surface area contributed by atoms with Crippen LogP contribution >= 0.6 is 0 Å². The zero-order chi connectivity index (χ0) is 16.7. The highest BCUT2D eigenvalue weighted by atomic mass is 15.3. The summed E-state index contributed by atoms with van der Waals surface area (Å²) in [6.45, 7) is 10.4. The molecule has 0 bridgehead atoms. The van der Waals surface area contributed by atoms with Crippen LogP contribution in [0.4, 0.5) is 11.5 Å². The highest BCUT2D eigenvalue weighted by Crippen LogP contribution is 2.26. The summed E-state index contributed by atoms with van der Waals surface area (Å²) in [6, 6.07) is 8.68. The van der Waals surface area contributed by atoms with Crippen LogP contribution in [0.1, 0.15) is 16.8 Å². The molecule has 3 heterocycles. The lowest BCUT2D eigenvalue weighted by molar-refractivity contribution is 0.646. The van der Waals surface area contributed by atoms with Crippen LogP contribution in [0.25, 0.3) is 5.52 Å². The average Bonchev–Trinajstić information content (AvgIpc) is 2.98. The number of rotatable bonds is 2. The Balaban J connectivity index is 1.56. The van der Waals surface area contributed by atoms with Gasteiger partial charge in [-0.2, -0.15) is 5.10 Å².